The summed E-state index contributed by atoms with van der Waals surface area (Å²) in [4.78, 5) is 5.45. The average Bonchev–Trinajstić information content (AvgIpc) is 2.89. The van der Waals surface area contributed by atoms with Crippen LogP contribution >= 0.6 is 11.3 Å². The van der Waals surface area contributed by atoms with Crippen molar-refractivity contribution < 1.29 is 4.42 Å². The lowest BCUT2D eigenvalue weighted by Crippen LogP contribution is -2.23. The molecular weight excluding hydrogens is 244 g/mol. The predicted molar refractivity (Wildman–Crippen MR) is 75.2 cm³/mol. The molecule has 2 aromatic heterocycles. The highest BCUT2D eigenvalue weighted by Gasteiger charge is 2.21. The predicted octanol–water partition coefficient (Wildman–Crippen LogP) is 3.55. The first-order valence-corrected chi connectivity index (χ1v) is 7.18. The van der Waals surface area contributed by atoms with Crippen LogP contribution in [0.3, 0.4) is 0 Å². The van der Waals surface area contributed by atoms with Crippen LogP contribution in [0.2, 0.25) is 0 Å². The van der Waals surface area contributed by atoms with Gasteiger partial charge in [-0.2, -0.15) is 0 Å². The average molecular weight is 264 g/mol. The highest BCUT2D eigenvalue weighted by molar-refractivity contribution is 7.09. The molecule has 0 aliphatic carbocycles. The van der Waals surface area contributed by atoms with Crippen LogP contribution in [0.5, 0.6) is 0 Å². The summed E-state index contributed by atoms with van der Waals surface area (Å²) < 4.78 is 5.74. The first kappa shape index (κ1) is 13.3. The molecule has 0 radical (unpaired) electrons. The van der Waals surface area contributed by atoms with Crippen molar-refractivity contribution in [2.24, 2.45) is 0 Å². The Labute approximate surface area is 112 Å². The van der Waals surface area contributed by atoms with Gasteiger partial charge in [0, 0.05) is 29.1 Å². The van der Waals surface area contributed by atoms with Gasteiger partial charge in [-0.1, -0.05) is 6.92 Å². The Morgan fingerprint density at radius 1 is 1.33 bits per heavy atom. The van der Waals surface area contributed by atoms with E-state index in [9.17, 15) is 0 Å². The van der Waals surface area contributed by atoms with Crippen LogP contribution in [0.4, 0.5) is 0 Å². The first-order chi connectivity index (χ1) is 8.63. The highest BCUT2D eigenvalue weighted by Crippen LogP contribution is 2.29. The van der Waals surface area contributed by atoms with Crippen LogP contribution in [0.25, 0.3) is 0 Å². The second-order valence-electron chi connectivity index (χ2n) is 4.54. The number of thiazole rings is 1. The van der Waals surface area contributed by atoms with E-state index in [1.54, 1.807) is 11.3 Å². The third-order valence-electron chi connectivity index (χ3n) is 3.31. The topological polar surface area (TPSA) is 38.1 Å². The number of aryl methyl sites for hydroxylation is 2. The van der Waals surface area contributed by atoms with Gasteiger partial charge >= 0.3 is 0 Å². The van der Waals surface area contributed by atoms with Crippen LogP contribution in [0.15, 0.2) is 16.1 Å². The minimum atomic E-state index is 0.313. The monoisotopic (exact) mass is 264 g/mol. The zero-order chi connectivity index (χ0) is 13.1. The fourth-order valence-corrected chi connectivity index (χ4v) is 3.03. The Hall–Kier alpha value is -1.13. The molecule has 0 aromatic carbocycles. The molecule has 0 amide bonds. The number of aromatic nitrogens is 1. The lowest BCUT2D eigenvalue weighted by molar-refractivity contribution is 0.485. The zero-order valence-electron chi connectivity index (χ0n) is 11.4. The summed E-state index contributed by atoms with van der Waals surface area (Å²) in [6.07, 6.45) is 2.92. The molecule has 18 heavy (non-hydrogen) atoms. The molecule has 2 aromatic rings. The third kappa shape index (κ3) is 2.65. The Morgan fingerprint density at radius 2 is 2.11 bits per heavy atom. The van der Waals surface area contributed by atoms with Gasteiger partial charge in [-0.3, -0.25) is 4.98 Å². The van der Waals surface area contributed by atoms with Crippen LogP contribution in [0, 0.1) is 20.8 Å². The van der Waals surface area contributed by atoms with Crippen molar-refractivity contribution in [1.29, 1.82) is 0 Å². The van der Waals surface area contributed by atoms with Crippen molar-refractivity contribution in [1.82, 2.24) is 10.3 Å². The van der Waals surface area contributed by atoms with Crippen molar-refractivity contribution in [2.45, 2.75) is 40.2 Å². The molecule has 1 atom stereocenters. The lowest BCUT2D eigenvalue weighted by Gasteiger charge is -2.17. The smallest absolute Gasteiger partial charge is 0.106 e. The van der Waals surface area contributed by atoms with E-state index in [-0.39, 0.29) is 0 Å². The summed E-state index contributed by atoms with van der Waals surface area (Å²) in [5.41, 5.74) is 4.46. The normalized spacial score (nSPS) is 12.9. The number of hydrogen-bond acceptors (Lipinski definition) is 4. The van der Waals surface area contributed by atoms with Crippen molar-refractivity contribution in [3.63, 3.8) is 0 Å². The Morgan fingerprint density at radius 3 is 2.61 bits per heavy atom. The van der Waals surface area contributed by atoms with E-state index in [4.69, 9.17) is 4.42 Å². The lowest BCUT2D eigenvalue weighted by atomic mass is 9.99. The van der Waals surface area contributed by atoms with Crippen molar-refractivity contribution in [3.8, 4) is 0 Å². The van der Waals surface area contributed by atoms with Gasteiger partial charge in [-0.25, -0.2) is 0 Å². The second-order valence-corrected chi connectivity index (χ2v) is 5.51. The molecular formula is C14H20N2OS. The standard InChI is InChI=1S/C14H20N2OS/c1-5-16-13(6-12-7-15-8-18-12)14-9(2)10(3)17-11(14)4/h7-8,13,16H,5-6H2,1-4H3. The molecule has 98 valence electrons. The highest BCUT2D eigenvalue weighted by atomic mass is 32.1. The Balaban J connectivity index is 2.29. The fourth-order valence-electron chi connectivity index (χ4n) is 2.39. The maximum absolute atomic E-state index is 5.74. The van der Waals surface area contributed by atoms with E-state index >= 15 is 0 Å². The molecule has 0 saturated carbocycles. The summed E-state index contributed by atoms with van der Waals surface area (Å²) >= 11 is 1.71. The van der Waals surface area contributed by atoms with E-state index in [2.05, 4.69) is 24.1 Å². The maximum atomic E-state index is 5.74. The van der Waals surface area contributed by atoms with E-state index in [1.165, 1.54) is 16.0 Å². The van der Waals surface area contributed by atoms with Gasteiger partial charge in [0.2, 0.25) is 0 Å². The molecule has 0 spiro atoms. The SMILES string of the molecule is CCNC(Cc1cncs1)c1c(C)oc(C)c1C. The van der Waals surface area contributed by atoms with Gasteiger partial charge in [-0.15, -0.1) is 11.3 Å². The summed E-state index contributed by atoms with van der Waals surface area (Å²) in [5.74, 6) is 2.05. The summed E-state index contributed by atoms with van der Waals surface area (Å²) in [7, 11) is 0. The minimum absolute atomic E-state index is 0.313. The van der Waals surface area contributed by atoms with Gasteiger partial charge < -0.3 is 9.73 Å². The first-order valence-electron chi connectivity index (χ1n) is 6.30. The molecule has 1 N–H and O–H groups in total. The number of rotatable bonds is 5. The molecule has 4 heteroatoms. The second kappa shape index (κ2) is 5.67. The van der Waals surface area contributed by atoms with E-state index in [0.717, 1.165) is 24.5 Å². The van der Waals surface area contributed by atoms with E-state index < -0.39 is 0 Å². The number of hydrogen-bond donors (Lipinski definition) is 1. The van der Waals surface area contributed by atoms with Crippen LogP contribution in [0.1, 0.15) is 40.5 Å². The van der Waals surface area contributed by atoms with Crippen LogP contribution in [-0.4, -0.2) is 11.5 Å². The molecule has 0 saturated heterocycles. The molecule has 0 fully saturated rings. The quantitative estimate of drug-likeness (QED) is 0.897. The minimum Gasteiger partial charge on any atom is -0.466 e. The van der Waals surface area contributed by atoms with Crippen molar-refractivity contribution in [2.75, 3.05) is 6.54 Å². The zero-order valence-corrected chi connectivity index (χ0v) is 12.2. The molecule has 0 aliphatic heterocycles. The van der Waals surface area contributed by atoms with Gasteiger partial charge in [0.25, 0.3) is 0 Å². The molecule has 1 unspecified atom stereocenters. The van der Waals surface area contributed by atoms with Gasteiger partial charge in [-0.05, 0) is 32.9 Å². The van der Waals surface area contributed by atoms with Gasteiger partial charge in [0.1, 0.15) is 11.5 Å². The molecule has 2 rings (SSSR count). The summed E-state index contributed by atoms with van der Waals surface area (Å²) in [5, 5.41) is 3.55. The van der Waals surface area contributed by atoms with Crippen molar-refractivity contribution >= 4 is 11.3 Å². The Bertz CT molecular complexity index is 502. The molecule has 0 bridgehead atoms. The summed E-state index contributed by atoms with van der Waals surface area (Å²) in [6, 6.07) is 0.313. The number of nitrogens with one attached hydrogen (secondary N) is 1. The Kier molecular flexibility index (Phi) is 4.19. The third-order valence-corrected chi connectivity index (χ3v) is 4.11. The van der Waals surface area contributed by atoms with Crippen LogP contribution < -0.4 is 5.32 Å². The number of furan rings is 1. The van der Waals surface area contributed by atoms with Gasteiger partial charge in [0.15, 0.2) is 0 Å². The van der Waals surface area contributed by atoms with Crippen molar-refractivity contribution in [3.05, 3.63) is 39.2 Å². The van der Waals surface area contributed by atoms with Crippen LogP contribution in [-0.2, 0) is 6.42 Å². The summed E-state index contributed by atoms with van der Waals surface area (Å²) in [6.45, 7) is 9.30. The maximum Gasteiger partial charge on any atom is 0.106 e. The largest absolute Gasteiger partial charge is 0.466 e. The number of nitrogens with zero attached hydrogens (tertiary/aromatic N) is 1. The van der Waals surface area contributed by atoms with E-state index in [1.807, 2.05) is 25.6 Å². The molecule has 2 heterocycles. The van der Waals surface area contributed by atoms with Gasteiger partial charge in [0.05, 0.1) is 5.51 Å². The fraction of sp³-hybridized carbons (Fsp3) is 0.500. The van der Waals surface area contributed by atoms with E-state index in [0.29, 0.717) is 6.04 Å². The molecule has 3 nitrogen and oxygen atoms in total. The molecule has 0 aliphatic rings. The number of likely N-dealkylation sites (N-methyl/N-ethyl adjacent to an activating group) is 1.